The summed E-state index contributed by atoms with van der Waals surface area (Å²) in [6.07, 6.45) is -0.326. The third kappa shape index (κ3) is 6.15. The number of ether oxygens (including phenoxy) is 2. The summed E-state index contributed by atoms with van der Waals surface area (Å²) in [7, 11) is -3.92. The van der Waals surface area contributed by atoms with Crippen LogP contribution in [0.15, 0.2) is 70.0 Å². The average Bonchev–Trinajstić information content (AvgIpc) is 2.87. The fraction of sp³-hybridized carbons (Fsp3) is 0.240. The topological polar surface area (TPSA) is 84.9 Å². The van der Waals surface area contributed by atoms with Crippen molar-refractivity contribution in [2.24, 2.45) is 0 Å². The van der Waals surface area contributed by atoms with E-state index >= 15 is 0 Å². The van der Waals surface area contributed by atoms with E-state index < -0.39 is 10.0 Å². The fourth-order valence-electron chi connectivity index (χ4n) is 3.79. The highest BCUT2D eigenvalue weighted by Gasteiger charge is 2.27. The maximum absolute atomic E-state index is 13.1. The van der Waals surface area contributed by atoms with Crippen LogP contribution in [-0.4, -0.2) is 45.5 Å². The summed E-state index contributed by atoms with van der Waals surface area (Å²) in [5.74, 6) is 0.0761. The summed E-state index contributed by atoms with van der Waals surface area (Å²) in [5, 5.41) is 0.879. The normalized spacial score (nSPS) is 16.0. The van der Waals surface area contributed by atoms with E-state index in [0.29, 0.717) is 52.1 Å². The van der Waals surface area contributed by atoms with Crippen molar-refractivity contribution in [1.29, 1.82) is 0 Å². The Kier molecular flexibility index (Phi) is 8.47. The molecule has 3 aromatic carbocycles. The van der Waals surface area contributed by atoms with Gasteiger partial charge in [0.15, 0.2) is 0 Å². The first-order valence-corrected chi connectivity index (χ1v) is 14.1. The maximum Gasteiger partial charge on any atom is 0.265 e. The Morgan fingerprint density at radius 3 is 2.56 bits per heavy atom. The van der Waals surface area contributed by atoms with Gasteiger partial charge >= 0.3 is 0 Å². The Hall–Kier alpha value is -2.30. The van der Waals surface area contributed by atoms with E-state index in [0.717, 1.165) is 5.56 Å². The molecule has 0 aromatic heterocycles. The number of benzene rings is 3. The van der Waals surface area contributed by atoms with Gasteiger partial charge in [0.05, 0.1) is 29.8 Å². The molecule has 36 heavy (non-hydrogen) atoms. The van der Waals surface area contributed by atoms with E-state index in [9.17, 15) is 13.2 Å². The summed E-state index contributed by atoms with van der Waals surface area (Å²) < 4.78 is 40.5. The van der Waals surface area contributed by atoms with Crippen LogP contribution >= 0.6 is 39.1 Å². The van der Waals surface area contributed by atoms with Gasteiger partial charge in [0.1, 0.15) is 16.7 Å². The van der Waals surface area contributed by atoms with Crippen LogP contribution in [0.1, 0.15) is 28.9 Å². The van der Waals surface area contributed by atoms with Gasteiger partial charge in [0.25, 0.3) is 15.9 Å². The molecule has 1 saturated heterocycles. The maximum atomic E-state index is 13.1. The number of nitrogens with zero attached hydrogens (tertiary/aromatic N) is 1. The average molecular weight is 614 g/mol. The summed E-state index contributed by atoms with van der Waals surface area (Å²) in [5.41, 5.74) is 1.60. The lowest BCUT2D eigenvalue weighted by Gasteiger charge is -2.33. The number of anilines is 1. The first kappa shape index (κ1) is 26.8. The molecule has 1 fully saturated rings. The first-order valence-electron chi connectivity index (χ1n) is 11.1. The van der Waals surface area contributed by atoms with Gasteiger partial charge in [-0.25, -0.2) is 8.42 Å². The van der Waals surface area contributed by atoms with Crippen LogP contribution in [0.2, 0.25) is 10.0 Å². The van der Waals surface area contributed by atoms with Crippen LogP contribution in [-0.2, 0) is 14.8 Å². The van der Waals surface area contributed by atoms with Crippen molar-refractivity contribution >= 4 is 60.7 Å². The van der Waals surface area contributed by atoms with Crippen molar-refractivity contribution in [3.63, 3.8) is 0 Å². The quantitative estimate of drug-likeness (QED) is 0.344. The molecule has 1 N–H and O–H groups in total. The molecule has 1 aliphatic rings. The first-order chi connectivity index (χ1) is 17.2. The van der Waals surface area contributed by atoms with Gasteiger partial charge in [-0.05, 0) is 67.1 Å². The van der Waals surface area contributed by atoms with Crippen LogP contribution in [0.5, 0.6) is 5.75 Å². The van der Waals surface area contributed by atoms with Crippen molar-refractivity contribution in [3.8, 4) is 5.75 Å². The van der Waals surface area contributed by atoms with Crippen LogP contribution in [0.4, 0.5) is 5.69 Å². The molecule has 1 aliphatic heterocycles. The van der Waals surface area contributed by atoms with Gasteiger partial charge in [-0.1, -0.05) is 45.2 Å². The predicted molar refractivity (Wildman–Crippen MR) is 144 cm³/mol. The minimum atomic E-state index is -3.92. The molecule has 0 radical (unpaired) electrons. The summed E-state index contributed by atoms with van der Waals surface area (Å²) in [6, 6.07) is 16.4. The van der Waals surface area contributed by atoms with Crippen molar-refractivity contribution in [2.45, 2.75) is 17.9 Å². The molecule has 190 valence electrons. The monoisotopic (exact) mass is 612 g/mol. The lowest BCUT2D eigenvalue weighted by atomic mass is 10.1. The van der Waals surface area contributed by atoms with Crippen molar-refractivity contribution in [3.05, 3.63) is 86.3 Å². The fourth-order valence-corrected chi connectivity index (χ4v) is 5.84. The molecule has 11 heteroatoms. The zero-order valence-electron chi connectivity index (χ0n) is 19.2. The lowest BCUT2D eigenvalue weighted by Crippen LogP contribution is -2.42. The second-order valence-corrected chi connectivity index (χ2v) is 11.4. The van der Waals surface area contributed by atoms with Crippen LogP contribution in [0.25, 0.3) is 0 Å². The molecule has 4 rings (SSSR count). The molecule has 1 unspecified atom stereocenters. The number of hydrogen-bond acceptors (Lipinski definition) is 5. The Balaban J connectivity index is 1.47. The zero-order chi connectivity index (χ0) is 25.9. The SMILES string of the molecule is CCOc1ccc(Br)cc1S(=O)(=O)Nc1ccc(C(=O)N2CCOC(c3ccc(Cl)c(Cl)c3)C2)cc1. The standard InChI is InChI=1S/C25H23BrCl2N2O5S/c1-2-34-22-10-6-18(26)14-24(22)36(32,33)29-19-7-3-16(4-8-19)25(31)30-11-12-35-23(15-30)17-5-9-20(27)21(28)13-17/h3-10,13-14,23,29H,2,11-12,15H2,1H3. The third-order valence-corrected chi connectivity index (χ3v) is 8.18. The molecule has 0 bridgehead atoms. The van der Waals surface area contributed by atoms with Gasteiger partial charge in [-0.3, -0.25) is 9.52 Å². The molecule has 1 heterocycles. The second-order valence-electron chi connectivity index (χ2n) is 7.99. The minimum absolute atomic E-state index is 0.0144. The third-order valence-electron chi connectivity index (χ3n) is 5.55. The van der Waals surface area contributed by atoms with Crippen molar-refractivity contribution in [2.75, 3.05) is 31.0 Å². The summed E-state index contributed by atoms with van der Waals surface area (Å²) >= 11 is 15.4. The second kappa shape index (κ2) is 11.4. The smallest absolute Gasteiger partial charge is 0.265 e. The number of nitrogens with one attached hydrogen (secondary N) is 1. The number of rotatable bonds is 7. The molecule has 3 aromatic rings. The molecular formula is C25H23BrCl2N2O5S. The number of carbonyl (C=O) groups excluding carboxylic acids is 1. The Bertz CT molecular complexity index is 1370. The van der Waals surface area contributed by atoms with Crippen molar-refractivity contribution in [1.82, 2.24) is 4.90 Å². The van der Waals surface area contributed by atoms with E-state index in [1.807, 2.05) is 6.07 Å². The highest BCUT2D eigenvalue weighted by atomic mass is 79.9. The Morgan fingerprint density at radius 1 is 1.11 bits per heavy atom. The zero-order valence-corrected chi connectivity index (χ0v) is 23.1. The van der Waals surface area contributed by atoms with E-state index in [2.05, 4.69) is 20.7 Å². The van der Waals surface area contributed by atoms with Gasteiger partial charge in [0, 0.05) is 22.3 Å². The van der Waals surface area contributed by atoms with E-state index in [4.69, 9.17) is 32.7 Å². The summed E-state index contributed by atoms with van der Waals surface area (Å²) in [4.78, 5) is 14.8. The van der Waals surface area contributed by atoms with Crippen molar-refractivity contribution < 1.29 is 22.7 Å². The molecular weight excluding hydrogens is 591 g/mol. The predicted octanol–water partition coefficient (Wildman–Crippen LogP) is 6.17. The van der Waals surface area contributed by atoms with Gasteiger partial charge < -0.3 is 14.4 Å². The van der Waals surface area contributed by atoms with Gasteiger partial charge in [0.2, 0.25) is 0 Å². The number of hydrogen-bond donors (Lipinski definition) is 1. The molecule has 1 atom stereocenters. The highest BCUT2D eigenvalue weighted by Crippen LogP contribution is 2.31. The largest absolute Gasteiger partial charge is 0.492 e. The molecule has 7 nitrogen and oxygen atoms in total. The number of carbonyl (C=O) groups is 1. The van der Waals surface area contributed by atoms with E-state index in [1.54, 1.807) is 60.4 Å². The highest BCUT2D eigenvalue weighted by molar-refractivity contribution is 9.10. The Labute approximate surface area is 228 Å². The number of sulfonamides is 1. The van der Waals surface area contributed by atoms with Gasteiger partial charge in [-0.15, -0.1) is 0 Å². The number of morpholine rings is 1. The van der Waals surface area contributed by atoms with Gasteiger partial charge in [-0.2, -0.15) is 0 Å². The molecule has 0 aliphatic carbocycles. The van der Waals surface area contributed by atoms with E-state index in [-0.39, 0.29) is 22.7 Å². The number of amides is 1. The Morgan fingerprint density at radius 2 is 1.86 bits per heavy atom. The molecule has 1 amide bonds. The molecule has 0 spiro atoms. The van der Waals surface area contributed by atoms with Crippen LogP contribution in [0.3, 0.4) is 0 Å². The molecule has 0 saturated carbocycles. The van der Waals surface area contributed by atoms with Crippen LogP contribution in [0, 0.1) is 0 Å². The minimum Gasteiger partial charge on any atom is -0.492 e. The lowest BCUT2D eigenvalue weighted by molar-refractivity contribution is -0.0228. The number of halogens is 3. The summed E-state index contributed by atoms with van der Waals surface area (Å²) in [6.45, 7) is 3.28. The van der Waals surface area contributed by atoms with Crippen LogP contribution < -0.4 is 9.46 Å². The van der Waals surface area contributed by atoms with E-state index in [1.165, 1.54) is 6.07 Å².